The van der Waals surface area contributed by atoms with Crippen LogP contribution in [0, 0.1) is 0 Å². The van der Waals surface area contributed by atoms with Crippen LogP contribution in [0.3, 0.4) is 0 Å². The Bertz CT molecular complexity index is 2700. The Hall–Kier alpha value is -6.98. The summed E-state index contributed by atoms with van der Waals surface area (Å²) in [5.41, 5.74) is 14.9. The third-order valence-corrected chi connectivity index (χ3v) is 10.9. The molecule has 60 heavy (non-hydrogen) atoms. The highest BCUT2D eigenvalue weighted by Gasteiger charge is 2.31. The van der Waals surface area contributed by atoms with Crippen LogP contribution >= 0.6 is 0 Å². The number of nitrogens with zero attached hydrogens (tertiary/aromatic N) is 4. The van der Waals surface area contributed by atoms with Crippen molar-refractivity contribution in [1.82, 2.24) is 10.2 Å². The Morgan fingerprint density at radius 1 is 0.333 bits per heavy atom. The maximum atomic E-state index is 5.90. The second-order valence-electron chi connectivity index (χ2n) is 17.3. The molecule has 8 aromatic rings. The Labute approximate surface area is 354 Å². The van der Waals surface area contributed by atoms with Gasteiger partial charge in [-0.1, -0.05) is 205 Å². The van der Waals surface area contributed by atoms with Crippen LogP contribution in [-0.4, -0.2) is 21.6 Å². The van der Waals surface area contributed by atoms with E-state index in [1.165, 1.54) is 33.4 Å². The summed E-state index contributed by atoms with van der Waals surface area (Å²) in [5, 5.41) is 17.8. The fraction of sp³-hybridized carbons (Fsp3) is 0.164. The van der Waals surface area contributed by atoms with Gasteiger partial charge in [-0.15, -0.1) is 10.2 Å². The van der Waals surface area contributed by atoms with Crippen LogP contribution in [0.15, 0.2) is 203 Å². The van der Waals surface area contributed by atoms with Crippen LogP contribution in [-0.2, 0) is 10.8 Å². The largest absolute Gasteiger partial charge is 0.416 e. The SMILES string of the molecule is CC(C)(C)c1ccc(-c2nnc(-c3ccc(-c4ccccc4)cc3)o2)cc1.CC(C)(C)c1ccc(C2=NN=C(c3ccc(-c4ccccc4)cc3)C2c2ccccc2)cc1. The van der Waals surface area contributed by atoms with E-state index in [9.17, 15) is 0 Å². The molecule has 0 N–H and O–H groups in total. The van der Waals surface area contributed by atoms with Gasteiger partial charge in [0.15, 0.2) is 0 Å². The number of hydrogen-bond donors (Lipinski definition) is 0. The number of aromatic nitrogens is 2. The second kappa shape index (κ2) is 17.1. The van der Waals surface area contributed by atoms with Crippen LogP contribution in [0.4, 0.5) is 0 Å². The molecule has 2 heterocycles. The van der Waals surface area contributed by atoms with Gasteiger partial charge in [-0.2, -0.15) is 10.2 Å². The minimum atomic E-state index is 0.00858. The first kappa shape index (κ1) is 39.8. The Morgan fingerprint density at radius 2 is 0.633 bits per heavy atom. The van der Waals surface area contributed by atoms with Gasteiger partial charge in [-0.3, -0.25) is 0 Å². The van der Waals surface area contributed by atoms with E-state index < -0.39 is 0 Å². The fourth-order valence-corrected chi connectivity index (χ4v) is 7.37. The third-order valence-electron chi connectivity index (χ3n) is 10.9. The normalized spacial score (nSPS) is 13.9. The van der Waals surface area contributed by atoms with Gasteiger partial charge >= 0.3 is 0 Å². The Balaban J connectivity index is 0.000000170. The van der Waals surface area contributed by atoms with Crippen molar-refractivity contribution in [2.75, 3.05) is 0 Å². The van der Waals surface area contributed by atoms with Gasteiger partial charge < -0.3 is 4.42 Å². The maximum absolute atomic E-state index is 5.90. The van der Waals surface area contributed by atoms with Crippen LogP contribution < -0.4 is 0 Å². The molecule has 1 aliphatic rings. The lowest BCUT2D eigenvalue weighted by Crippen LogP contribution is -2.20. The molecule has 5 heteroatoms. The molecule has 0 amide bonds. The summed E-state index contributed by atoms with van der Waals surface area (Å²) in [7, 11) is 0. The molecule has 7 aromatic carbocycles. The average Bonchev–Trinajstić information content (AvgIpc) is 3.97. The zero-order valence-corrected chi connectivity index (χ0v) is 35.2. The van der Waals surface area contributed by atoms with Crippen molar-refractivity contribution in [3.63, 3.8) is 0 Å². The Kier molecular flexibility index (Phi) is 11.3. The number of benzene rings is 7. The lowest BCUT2D eigenvalue weighted by atomic mass is 9.82. The molecular formula is C55H50N4O. The number of hydrogen-bond acceptors (Lipinski definition) is 5. The monoisotopic (exact) mass is 782 g/mol. The van der Waals surface area contributed by atoms with Gasteiger partial charge in [0.1, 0.15) is 0 Å². The summed E-state index contributed by atoms with van der Waals surface area (Å²) in [4.78, 5) is 0. The molecule has 0 radical (unpaired) electrons. The van der Waals surface area contributed by atoms with Gasteiger partial charge in [0.2, 0.25) is 11.8 Å². The van der Waals surface area contributed by atoms with Crippen molar-refractivity contribution >= 4 is 11.4 Å². The summed E-state index contributed by atoms with van der Waals surface area (Å²) in [6.07, 6.45) is 0. The van der Waals surface area contributed by atoms with Crippen LogP contribution in [0.2, 0.25) is 0 Å². The molecular weight excluding hydrogens is 733 g/mol. The molecule has 1 aromatic heterocycles. The van der Waals surface area contributed by atoms with E-state index in [2.05, 4.69) is 191 Å². The smallest absolute Gasteiger partial charge is 0.248 e. The third kappa shape index (κ3) is 9.01. The average molecular weight is 783 g/mol. The lowest BCUT2D eigenvalue weighted by Gasteiger charge is -2.20. The molecule has 1 aliphatic heterocycles. The summed E-state index contributed by atoms with van der Waals surface area (Å²) in [6, 6.07) is 65.3. The first-order valence-electron chi connectivity index (χ1n) is 20.6. The van der Waals surface area contributed by atoms with E-state index in [0.29, 0.717) is 11.8 Å². The van der Waals surface area contributed by atoms with Gasteiger partial charge in [-0.25, -0.2) is 0 Å². The zero-order valence-electron chi connectivity index (χ0n) is 35.2. The lowest BCUT2D eigenvalue weighted by molar-refractivity contribution is 0.582. The highest BCUT2D eigenvalue weighted by molar-refractivity contribution is 6.26. The molecule has 0 saturated heterocycles. The molecule has 0 spiro atoms. The summed E-state index contributed by atoms with van der Waals surface area (Å²) < 4.78 is 5.90. The first-order chi connectivity index (χ1) is 29.0. The van der Waals surface area contributed by atoms with Crippen molar-refractivity contribution in [1.29, 1.82) is 0 Å². The minimum Gasteiger partial charge on any atom is -0.416 e. The molecule has 5 nitrogen and oxygen atoms in total. The predicted molar refractivity (Wildman–Crippen MR) is 249 cm³/mol. The van der Waals surface area contributed by atoms with Crippen LogP contribution in [0.25, 0.3) is 45.2 Å². The van der Waals surface area contributed by atoms with Crippen molar-refractivity contribution in [2.24, 2.45) is 10.2 Å². The molecule has 1 atom stereocenters. The standard InChI is InChI=1S/C31H28N2.C24H22N2O/c1-31(2,3)27-20-18-26(19-21-27)30-28(24-12-8-5-9-13-24)29(32-33-30)25-16-14-23(15-17-25)22-10-6-4-7-11-22;1-24(2,3)21-15-13-20(14-16-21)23-26-25-22(27-23)19-11-9-18(10-12-19)17-7-5-4-6-8-17/h4-21,28H,1-3H3;4-16H,1-3H3. The second-order valence-corrected chi connectivity index (χ2v) is 17.3. The summed E-state index contributed by atoms with van der Waals surface area (Å²) in [5.74, 6) is 1.08. The van der Waals surface area contributed by atoms with E-state index in [0.717, 1.165) is 39.2 Å². The molecule has 296 valence electrons. The van der Waals surface area contributed by atoms with Crippen molar-refractivity contribution in [3.8, 4) is 45.2 Å². The molecule has 9 rings (SSSR count). The topological polar surface area (TPSA) is 63.6 Å². The molecule has 0 bridgehead atoms. The Morgan fingerprint density at radius 3 is 1.02 bits per heavy atom. The maximum Gasteiger partial charge on any atom is 0.248 e. The number of rotatable bonds is 7. The summed E-state index contributed by atoms with van der Waals surface area (Å²) >= 11 is 0. The van der Waals surface area contributed by atoms with Gasteiger partial charge in [-0.05, 0) is 85.2 Å². The highest BCUT2D eigenvalue weighted by Crippen LogP contribution is 2.34. The minimum absolute atomic E-state index is 0.00858. The zero-order chi connectivity index (χ0) is 41.7. The van der Waals surface area contributed by atoms with E-state index >= 15 is 0 Å². The molecule has 0 aliphatic carbocycles. The molecule has 1 unspecified atom stereocenters. The van der Waals surface area contributed by atoms with Crippen LogP contribution in [0.1, 0.15) is 75.3 Å². The van der Waals surface area contributed by atoms with Gasteiger partial charge in [0.05, 0.1) is 17.3 Å². The first-order valence-corrected chi connectivity index (χ1v) is 20.6. The van der Waals surface area contributed by atoms with Gasteiger partial charge in [0.25, 0.3) is 0 Å². The van der Waals surface area contributed by atoms with E-state index in [4.69, 9.17) is 14.6 Å². The van der Waals surface area contributed by atoms with E-state index in [1.807, 2.05) is 48.5 Å². The predicted octanol–water partition coefficient (Wildman–Crippen LogP) is 14.0. The molecule has 0 saturated carbocycles. The van der Waals surface area contributed by atoms with E-state index in [-0.39, 0.29) is 16.7 Å². The molecule has 0 fully saturated rings. The van der Waals surface area contributed by atoms with E-state index in [1.54, 1.807) is 0 Å². The van der Waals surface area contributed by atoms with Crippen molar-refractivity contribution in [3.05, 3.63) is 216 Å². The quantitative estimate of drug-likeness (QED) is 0.162. The fourth-order valence-electron chi connectivity index (χ4n) is 7.37. The van der Waals surface area contributed by atoms with Crippen molar-refractivity contribution in [2.45, 2.75) is 58.3 Å². The highest BCUT2D eigenvalue weighted by atomic mass is 16.4. The van der Waals surface area contributed by atoms with Crippen LogP contribution in [0.5, 0.6) is 0 Å². The summed E-state index contributed by atoms with van der Waals surface area (Å²) in [6.45, 7) is 13.3. The van der Waals surface area contributed by atoms with Gasteiger partial charge in [0, 0.05) is 11.1 Å². The van der Waals surface area contributed by atoms with Crippen molar-refractivity contribution < 1.29 is 4.42 Å².